The molecule has 0 atom stereocenters. The molecule has 3 nitrogen and oxygen atoms in total. The molecule has 0 spiro atoms. The maximum Gasteiger partial charge on any atom is 0.570 e. The topological polar surface area (TPSA) is 42.4 Å². The Labute approximate surface area is 122 Å². The van der Waals surface area contributed by atoms with E-state index >= 15 is 0 Å². The molecule has 1 aromatic heterocycles. The number of benzene rings is 3. The molecule has 1 radical (unpaired) electrons. The van der Waals surface area contributed by atoms with Crippen LogP contribution in [0.1, 0.15) is 0 Å². The second kappa shape index (κ2) is 4.75. The number of fused-ring (bicyclic) bond motifs is 6. The van der Waals surface area contributed by atoms with Gasteiger partial charge in [0.2, 0.25) is 5.88 Å². The Morgan fingerprint density at radius 1 is 0.762 bits per heavy atom. The van der Waals surface area contributed by atoms with E-state index in [0.717, 1.165) is 26.9 Å². The van der Waals surface area contributed by atoms with Gasteiger partial charge in [0, 0.05) is 6.20 Å². The average molecular weight is 272 g/mol. The fourth-order valence-electron chi connectivity index (χ4n) is 2.96. The van der Waals surface area contributed by atoms with Gasteiger partial charge in [0.25, 0.3) is 0 Å². The van der Waals surface area contributed by atoms with Crippen LogP contribution in [0.3, 0.4) is 0 Å². The van der Waals surface area contributed by atoms with Crippen molar-refractivity contribution in [3.8, 4) is 5.88 Å². The Bertz CT molecular complexity index is 924. The number of nitrogens with zero attached hydrogens (tertiary/aromatic N) is 1. The van der Waals surface area contributed by atoms with Crippen molar-refractivity contribution in [2.75, 3.05) is 0 Å². The first-order chi connectivity index (χ1) is 10.4. The maximum absolute atomic E-state index is 8.98. The summed E-state index contributed by atoms with van der Waals surface area (Å²) in [4.78, 5) is 4.24. The minimum atomic E-state index is 0.414. The van der Waals surface area contributed by atoms with Crippen LogP contribution < -0.4 is 4.65 Å². The van der Waals surface area contributed by atoms with E-state index in [4.69, 9.17) is 9.68 Å². The SMILES string of the molecule is O[B]Oc1nccc2c3ccccc3c3ccccc3c12. The largest absolute Gasteiger partial charge is 0.570 e. The van der Waals surface area contributed by atoms with Crippen molar-refractivity contribution in [2.45, 2.75) is 0 Å². The molecule has 21 heavy (non-hydrogen) atoms. The Balaban J connectivity index is 2.33. The van der Waals surface area contributed by atoms with Gasteiger partial charge >= 0.3 is 7.69 Å². The monoisotopic (exact) mass is 272 g/mol. The van der Waals surface area contributed by atoms with Gasteiger partial charge in [-0.3, -0.25) is 0 Å². The third kappa shape index (κ3) is 1.77. The van der Waals surface area contributed by atoms with E-state index in [9.17, 15) is 0 Å². The van der Waals surface area contributed by atoms with Gasteiger partial charge in [0.1, 0.15) is 0 Å². The van der Waals surface area contributed by atoms with Crippen LogP contribution >= 0.6 is 0 Å². The van der Waals surface area contributed by atoms with Gasteiger partial charge in [-0.15, -0.1) is 0 Å². The molecule has 0 saturated carbocycles. The van der Waals surface area contributed by atoms with Crippen molar-refractivity contribution in [1.29, 1.82) is 0 Å². The molecule has 99 valence electrons. The summed E-state index contributed by atoms with van der Waals surface area (Å²) >= 11 is 0. The molecule has 4 rings (SSSR count). The summed E-state index contributed by atoms with van der Waals surface area (Å²) in [6, 6.07) is 18.4. The van der Waals surface area contributed by atoms with Crippen LogP contribution in [0, 0.1) is 0 Å². The van der Waals surface area contributed by atoms with Gasteiger partial charge in [-0.05, 0) is 33.0 Å². The summed E-state index contributed by atoms with van der Waals surface area (Å²) in [7, 11) is 0.672. The average Bonchev–Trinajstić information content (AvgIpc) is 2.55. The Hall–Kier alpha value is -2.59. The van der Waals surface area contributed by atoms with Crippen LogP contribution in [0.15, 0.2) is 60.8 Å². The van der Waals surface area contributed by atoms with E-state index in [1.807, 2.05) is 30.3 Å². The zero-order valence-electron chi connectivity index (χ0n) is 11.2. The highest BCUT2D eigenvalue weighted by atomic mass is 16.5. The Morgan fingerprint density at radius 3 is 1.90 bits per heavy atom. The summed E-state index contributed by atoms with van der Waals surface area (Å²) in [5.41, 5.74) is 0. The van der Waals surface area contributed by atoms with Gasteiger partial charge < -0.3 is 9.68 Å². The molecule has 3 aromatic carbocycles. The van der Waals surface area contributed by atoms with E-state index in [-0.39, 0.29) is 0 Å². The molecule has 0 amide bonds. The summed E-state index contributed by atoms with van der Waals surface area (Å²) in [6.45, 7) is 0. The highest BCUT2D eigenvalue weighted by molar-refractivity contribution is 6.27. The zero-order chi connectivity index (χ0) is 14.2. The summed E-state index contributed by atoms with van der Waals surface area (Å²) in [5.74, 6) is 0.414. The molecular formula is C17H11BNO2. The van der Waals surface area contributed by atoms with E-state index in [0.29, 0.717) is 13.6 Å². The minimum Gasteiger partial charge on any atom is -0.523 e. The van der Waals surface area contributed by atoms with Crippen LogP contribution in [-0.4, -0.2) is 17.7 Å². The van der Waals surface area contributed by atoms with Crippen molar-refractivity contribution in [3.05, 3.63) is 60.8 Å². The Kier molecular flexibility index (Phi) is 2.76. The molecule has 1 N–H and O–H groups in total. The second-order valence-electron chi connectivity index (χ2n) is 4.85. The molecule has 0 saturated heterocycles. The van der Waals surface area contributed by atoms with Crippen LogP contribution in [0.4, 0.5) is 0 Å². The predicted octanol–water partition coefficient (Wildman–Crippen LogP) is 3.45. The lowest BCUT2D eigenvalue weighted by Gasteiger charge is -2.12. The lowest BCUT2D eigenvalue weighted by Crippen LogP contribution is -2.02. The summed E-state index contributed by atoms with van der Waals surface area (Å²) in [5, 5.41) is 15.5. The molecule has 0 bridgehead atoms. The van der Waals surface area contributed by atoms with Gasteiger partial charge in [-0.2, -0.15) is 0 Å². The minimum absolute atomic E-state index is 0.414. The number of hydrogen-bond donors (Lipinski definition) is 1. The van der Waals surface area contributed by atoms with Crippen molar-refractivity contribution >= 4 is 40.0 Å². The van der Waals surface area contributed by atoms with Crippen molar-refractivity contribution in [3.63, 3.8) is 0 Å². The normalized spacial score (nSPS) is 11.1. The van der Waals surface area contributed by atoms with E-state index in [2.05, 4.69) is 29.2 Å². The summed E-state index contributed by atoms with van der Waals surface area (Å²) in [6.07, 6.45) is 1.70. The zero-order valence-corrected chi connectivity index (χ0v) is 11.2. The van der Waals surface area contributed by atoms with Crippen molar-refractivity contribution in [1.82, 2.24) is 4.98 Å². The standard InChI is InChI=1S/C17H11BNO2/c20-18-21-17-16-14-8-4-3-6-12(14)11-5-1-2-7-13(11)15(16)9-10-19-17/h1-10,20H. The number of hydrogen-bond acceptors (Lipinski definition) is 3. The van der Waals surface area contributed by atoms with Crippen LogP contribution in [0.25, 0.3) is 32.3 Å². The van der Waals surface area contributed by atoms with Crippen molar-refractivity contribution in [2.24, 2.45) is 0 Å². The first kappa shape index (κ1) is 12.2. The van der Waals surface area contributed by atoms with Gasteiger partial charge in [-0.25, -0.2) is 4.98 Å². The van der Waals surface area contributed by atoms with Gasteiger partial charge in [-0.1, -0.05) is 48.5 Å². The molecule has 0 aliphatic carbocycles. The van der Waals surface area contributed by atoms with E-state index in [1.54, 1.807) is 6.20 Å². The quantitative estimate of drug-likeness (QED) is 0.449. The molecule has 4 heteroatoms. The maximum atomic E-state index is 8.98. The summed E-state index contributed by atoms with van der Waals surface area (Å²) < 4.78 is 5.20. The highest BCUT2D eigenvalue weighted by Gasteiger charge is 2.12. The second-order valence-corrected chi connectivity index (χ2v) is 4.85. The third-order valence-corrected chi connectivity index (χ3v) is 3.78. The fraction of sp³-hybridized carbons (Fsp3) is 0. The van der Waals surface area contributed by atoms with E-state index < -0.39 is 0 Å². The highest BCUT2D eigenvalue weighted by Crippen LogP contribution is 2.38. The number of aromatic nitrogens is 1. The van der Waals surface area contributed by atoms with Crippen LogP contribution in [0.2, 0.25) is 0 Å². The first-order valence-electron chi connectivity index (χ1n) is 6.71. The molecule has 4 aromatic rings. The Morgan fingerprint density at radius 2 is 1.29 bits per heavy atom. The van der Waals surface area contributed by atoms with Gasteiger partial charge in [0.05, 0.1) is 5.39 Å². The first-order valence-corrected chi connectivity index (χ1v) is 6.71. The smallest absolute Gasteiger partial charge is 0.523 e. The molecule has 0 unspecified atom stereocenters. The van der Waals surface area contributed by atoms with Crippen LogP contribution in [0.5, 0.6) is 5.88 Å². The van der Waals surface area contributed by atoms with E-state index in [1.165, 1.54) is 5.39 Å². The van der Waals surface area contributed by atoms with Crippen LogP contribution in [-0.2, 0) is 0 Å². The number of rotatable bonds is 2. The molecule has 0 fully saturated rings. The lowest BCUT2D eigenvalue weighted by atomic mass is 9.95. The third-order valence-electron chi connectivity index (χ3n) is 3.78. The van der Waals surface area contributed by atoms with Gasteiger partial charge in [0.15, 0.2) is 0 Å². The molecule has 0 aliphatic heterocycles. The molecule has 1 heterocycles. The fourth-order valence-corrected chi connectivity index (χ4v) is 2.96. The number of pyridine rings is 1. The lowest BCUT2D eigenvalue weighted by molar-refractivity contribution is 0.447. The van der Waals surface area contributed by atoms with Crippen molar-refractivity contribution < 1.29 is 9.68 Å². The molecule has 0 aliphatic rings. The predicted molar refractivity (Wildman–Crippen MR) is 85.4 cm³/mol. The molecular weight excluding hydrogens is 261 g/mol.